The highest BCUT2D eigenvalue weighted by atomic mass is 16.5. The lowest BCUT2D eigenvalue weighted by atomic mass is 10.3. The largest absolute Gasteiger partial charge is 0.380 e. The third kappa shape index (κ3) is 4.25. The Balaban J connectivity index is 1.94. The van der Waals surface area contributed by atoms with Crippen LogP contribution in [0.4, 0.5) is 0 Å². The van der Waals surface area contributed by atoms with Gasteiger partial charge in [0.2, 0.25) is 0 Å². The summed E-state index contributed by atoms with van der Waals surface area (Å²) >= 11 is 0. The number of rotatable bonds is 6. The molecule has 0 aliphatic heterocycles. The monoisotopic (exact) mass is 182 g/mol. The van der Waals surface area contributed by atoms with Crippen LogP contribution >= 0.6 is 0 Å². The van der Waals surface area contributed by atoms with Crippen LogP contribution in [0.15, 0.2) is 0 Å². The normalized spacial score (nSPS) is 18.6. The first-order chi connectivity index (χ1) is 6.24. The van der Waals surface area contributed by atoms with Crippen LogP contribution in [-0.2, 0) is 4.74 Å². The highest BCUT2D eigenvalue weighted by Gasteiger charge is 2.21. The van der Waals surface area contributed by atoms with Crippen molar-refractivity contribution in [3.05, 3.63) is 0 Å². The van der Waals surface area contributed by atoms with Gasteiger partial charge in [0, 0.05) is 13.2 Å². The van der Waals surface area contributed by atoms with Gasteiger partial charge < -0.3 is 4.74 Å². The predicted octanol–water partition coefficient (Wildman–Crippen LogP) is 1.26. The second-order valence-electron chi connectivity index (χ2n) is 3.80. The highest BCUT2D eigenvalue weighted by Crippen LogP contribution is 2.28. The van der Waals surface area contributed by atoms with Gasteiger partial charge in [-0.25, -0.2) is 0 Å². The molecule has 0 bridgehead atoms. The lowest BCUT2D eigenvalue weighted by Gasteiger charge is -2.18. The zero-order valence-electron chi connectivity index (χ0n) is 8.49. The minimum absolute atomic E-state index is 0.00970. The molecule has 1 atom stereocenters. The van der Waals surface area contributed by atoms with Crippen molar-refractivity contribution in [1.29, 1.82) is 5.26 Å². The van der Waals surface area contributed by atoms with Gasteiger partial charge in [0.05, 0.1) is 18.7 Å². The van der Waals surface area contributed by atoms with Crippen LogP contribution in [0.5, 0.6) is 0 Å². The minimum Gasteiger partial charge on any atom is -0.380 e. The lowest BCUT2D eigenvalue weighted by molar-refractivity contribution is 0.0994. The van der Waals surface area contributed by atoms with E-state index in [0.29, 0.717) is 0 Å². The molecular formula is C10H18N2O. The quantitative estimate of drug-likeness (QED) is 0.580. The van der Waals surface area contributed by atoms with Gasteiger partial charge in [0.15, 0.2) is 0 Å². The number of nitriles is 1. The van der Waals surface area contributed by atoms with Crippen molar-refractivity contribution in [2.45, 2.75) is 25.8 Å². The van der Waals surface area contributed by atoms with Crippen LogP contribution in [0.1, 0.15) is 19.8 Å². The maximum Gasteiger partial charge on any atom is 0.0947 e. The smallest absolute Gasteiger partial charge is 0.0947 e. The van der Waals surface area contributed by atoms with Crippen molar-refractivity contribution in [3.63, 3.8) is 0 Å². The average Bonchev–Trinajstić information content (AvgIpc) is 2.94. The zero-order chi connectivity index (χ0) is 9.68. The van der Waals surface area contributed by atoms with E-state index in [-0.39, 0.29) is 6.04 Å². The van der Waals surface area contributed by atoms with Crippen molar-refractivity contribution in [1.82, 2.24) is 4.90 Å². The third-order valence-electron chi connectivity index (χ3n) is 2.49. The molecule has 13 heavy (non-hydrogen) atoms. The van der Waals surface area contributed by atoms with E-state index in [4.69, 9.17) is 10.00 Å². The number of ether oxygens (including phenoxy) is 1. The third-order valence-corrected chi connectivity index (χ3v) is 2.49. The van der Waals surface area contributed by atoms with Gasteiger partial charge in [-0.15, -0.1) is 0 Å². The molecule has 3 heteroatoms. The van der Waals surface area contributed by atoms with Crippen LogP contribution in [0.25, 0.3) is 0 Å². The molecule has 0 aromatic carbocycles. The van der Waals surface area contributed by atoms with Crippen molar-refractivity contribution in [3.8, 4) is 6.07 Å². The second kappa shape index (κ2) is 5.21. The molecule has 1 aliphatic carbocycles. The highest BCUT2D eigenvalue weighted by molar-refractivity contribution is 4.86. The Labute approximate surface area is 80.3 Å². The Bertz CT molecular complexity index is 184. The van der Waals surface area contributed by atoms with Crippen LogP contribution < -0.4 is 0 Å². The second-order valence-corrected chi connectivity index (χ2v) is 3.80. The standard InChI is InChI=1S/C10H18N2O/c1-9(7-11)12(2)5-6-13-8-10-3-4-10/h9-10H,3-6,8H2,1-2H3. The Kier molecular flexibility index (Phi) is 4.20. The van der Waals surface area contributed by atoms with Gasteiger partial charge in [0.25, 0.3) is 0 Å². The van der Waals surface area contributed by atoms with Gasteiger partial charge in [0.1, 0.15) is 0 Å². The molecule has 1 aliphatic rings. The number of likely N-dealkylation sites (N-methyl/N-ethyl adjacent to an activating group) is 1. The summed E-state index contributed by atoms with van der Waals surface area (Å²) in [4.78, 5) is 2.01. The van der Waals surface area contributed by atoms with E-state index in [0.717, 1.165) is 25.7 Å². The molecule has 3 nitrogen and oxygen atoms in total. The molecule has 0 radical (unpaired) electrons. The summed E-state index contributed by atoms with van der Waals surface area (Å²) in [7, 11) is 1.95. The van der Waals surface area contributed by atoms with Crippen molar-refractivity contribution in [2.24, 2.45) is 5.92 Å². The van der Waals surface area contributed by atoms with E-state index in [9.17, 15) is 0 Å². The molecular weight excluding hydrogens is 164 g/mol. The molecule has 0 N–H and O–H groups in total. The van der Waals surface area contributed by atoms with E-state index in [1.165, 1.54) is 12.8 Å². The van der Waals surface area contributed by atoms with Crippen LogP contribution in [-0.4, -0.2) is 37.7 Å². The SMILES string of the molecule is CC(C#N)N(C)CCOCC1CC1. The van der Waals surface area contributed by atoms with E-state index in [1.807, 2.05) is 18.9 Å². The van der Waals surface area contributed by atoms with Gasteiger partial charge >= 0.3 is 0 Å². The first-order valence-corrected chi connectivity index (χ1v) is 4.91. The molecule has 1 fully saturated rings. The molecule has 1 rings (SSSR count). The zero-order valence-corrected chi connectivity index (χ0v) is 8.49. The summed E-state index contributed by atoms with van der Waals surface area (Å²) in [6, 6.07) is 2.19. The Morgan fingerprint density at radius 3 is 2.85 bits per heavy atom. The van der Waals surface area contributed by atoms with Crippen LogP contribution in [0, 0.1) is 17.2 Å². The summed E-state index contributed by atoms with van der Waals surface area (Å²) in [6.45, 7) is 4.41. The van der Waals surface area contributed by atoms with Crippen LogP contribution in [0.3, 0.4) is 0 Å². The van der Waals surface area contributed by atoms with E-state index in [1.54, 1.807) is 0 Å². The molecule has 74 valence electrons. The van der Waals surface area contributed by atoms with Crippen LogP contribution in [0.2, 0.25) is 0 Å². The maximum absolute atomic E-state index is 8.63. The summed E-state index contributed by atoms with van der Waals surface area (Å²) in [6.07, 6.45) is 2.68. The molecule has 0 amide bonds. The average molecular weight is 182 g/mol. The number of hydrogen-bond donors (Lipinski definition) is 0. The van der Waals surface area contributed by atoms with Gasteiger partial charge in [-0.1, -0.05) is 0 Å². The van der Waals surface area contributed by atoms with Crippen molar-refractivity contribution in [2.75, 3.05) is 26.8 Å². The van der Waals surface area contributed by atoms with E-state index < -0.39 is 0 Å². The molecule has 0 aromatic rings. The molecule has 0 aromatic heterocycles. The Hall–Kier alpha value is -0.590. The summed E-state index contributed by atoms with van der Waals surface area (Å²) in [5.41, 5.74) is 0. The van der Waals surface area contributed by atoms with E-state index >= 15 is 0 Å². The molecule has 0 spiro atoms. The summed E-state index contributed by atoms with van der Waals surface area (Å²) < 4.78 is 5.47. The Morgan fingerprint density at radius 2 is 2.31 bits per heavy atom. The molecule has 0 saturated heterocycles. The minimum atomic E-state index is -0.00970. The van der Waals surface area contributed by atoms with Gasteiger partial charge in [-0.05, 0) is 32.7 Å². The van der Waals surface area contributed by atoms with E-state index in [2.05, 4.69) is 6.07 Å². The fourth-order valence-corrected chi connectivity index (χ4v) is 1.04. The predicted molar refractivity (Wildman–Crippen MR) is 51.2 cm³/mol. The number of hydrogen-bond acceptors (Lipinski definition) is 3. The maximum atomic E-state index is 8.63. The van der Waals surface area contributed by atoms with Crippen molar-refractivity contribution >= 4 is 0 Å². The summed E-state index contributed by atoms with van der Waals surface area (Å²) in [5, 5.41) is 8.63. The lowest BCUT2D eigenvalue weighted by Crippen LogP contribution is -2.31. The Morgan fingerprint density at radius 1 is 1.62 bits per heavy atom. The fraction of sp³-hybridized carbons (Fsp3) is 0.900. The topological polar surface area (TPSA) is 36.3 Å². The molecule has 1 saturated carbocycles. The van der Waals surface area contributed by atoms with Gasteiger partial charge in [-0.2, -0.15) is 5.26 Å². The first kappa shape index (κ1) is 10.5. The summed E-state index contributed by atoms with van der Waals surface area (Å²) in [5.74, 6) is 0.832. The molecule has 1 unspecified atom stereocenters. The van der Waals surface area contributed by atoms with Gasteiger partial charge in [-0.3, -0.25) is 4.90 Å². The first-order valence-electron chi connectivity index (χ1n) is 4.91. The molecule has 0 heterocycles. The number of nitrogens with zero attached hydrogens (tertiary/aromatic N) is 2. The van der Waals surface area contributed by atoms with Crippen molar-refractivity contribution < 1.29 is 4.74 Å². The fourth-order valence-electron chi connectivity index (χ4n) is 1.04.